The van der Waals surface area contributed by atoms with E-state index in [-0.39, 0.29) is 18.8 Å². The van der Waals surface area contributed by atoms with Gasteiger partial charge in [0, 0.05) is 12.2 Å². The van der Waals surface area contributed by atoms with Crippen molar-refractivity contribution in [1.82, 2.24) is 10.2 Å². The number of fused-ring (bicyclic) bond motifs is 1. The van der Waals surface area contributed by atoms with Crippen LogP contribution >= 0.6 is 12.2 Å². The number of thiocarbonyl (C=S) groups is 1. The molecule has 0 bridgehead atoms. The van der Waals surface area contributed by atoms with E-state index < -0.39 is 0 Å². The summed E-state index contributed by atoms with van der Waals surface area (Å²) in [5.41, 5.74) is 1.31. The molecule has 0 aliphatic carbocycles. The van der Waals surface area contributed by atoms with Crippen molar-refractivity contribution in [2.75, 3.05) is 19.9 Å². The van der Waals surface area contributed by atoms with Gasteiger partial charge in [0.25, 0.3) is 5.91 Å². The first kappa shape index (κ1) is 15.4. The van der Waals surface area contributed by atoms with Gasteiger partial charge >= 0.3 is 0 Å². The maximum absolute atomic E-state index is 12.3. The molecule has 4 rings (SSSR count). The summed E-state index contributed by atoms with van der Waals surface area (Å²) in [5.74, 6) is 1.14. The summed E-state index contributed by atoms with van der Waals surface area (Å²) in [6, 6.07) is 5.61. The molecule has 126 valence electrons. The van der Waals surface area contributed by atoms with Crippen LogP contribution in [0.3, 0.4) is 0 Å². The fourth-order valence-corrected chi connectivity index (χ4v) is 3.42. The highest BCUT2D eigenvalue weighted by atomic mass is 32.1. The van der Waals surface area contributed by atoms with Crippen molar-refractivity contribution in [3.63, 3.8) is 0 Å². The molecule has 3 aliphatic rings. The summed E-state index contributed by atoms with van der Waals surface area (Å²) in [4.78, 5) is 14.1. The van der Waals surface area contributed by atoms with Crippen LogP contribution in [0.15, 0.2) is 23.9 Å². The predicted molar refractivity (Wildman–Crippen MR) is 91.6 cm³/mol. The standard InChI is InChI=1S/C17H18N2O4S/c20-16-13(8-11-4-3-6-14-15(11)23-10-22-14)19(17(24)18-16)9-12-5-1-2-7-21-12/h3-4,6,8,12H,1-2,5,7,9-10H2,(H,18,20,24)/b13-8+. The van der Waals surface area contributed by atoms with E-state index in [1.807, 2.05) is 23.1 Å². The molecule has 1 N–H and O–H groups in total. The first-order valence-electron chi connectivity index (χ1n) is 8.07. The number of carbonyl (C=O) groups excluding carboxylic acids is 1. The van der Waals surface area contributed by atoms with Crippen molar-refractivity contribution >= 4 is 29.3 Å². The van der Waals surface area contributed by atoms with E-state index in [1.165, 1.54) is 0 Å². The predicted octanol–water partition coefficient (Wildman–Crippen LogP) is 2.04. The number of amides is 1. The van der Waals surface area contributed by atoms with Gasteiger partial charge in [0.15, 0.2) is 16.6 Å². The average Bonchev–Trinajstić information content (AvgIpc) is 3.16. The lowest BCUT2D eigenvalue weighted by atomic mass is 10.1. The number of carbonyl (C=O) groups is 1. The van der Waals surface area contributed by atoms with Gasteiger partial charge in [-0.15, -0.1) is 0 Å². The lowest BCUT2D eigenvalue weighted by Crippen LogP contribution is -2.37. The highest BCUT2D eigenvalue weighted by Gasteiger charge is 2.33. The Hall–Kier alpha value is -2.12. The molecule has 24 heavy (non-hydrogen) atoms. The van der Waals surface area contributed by atoms with Gasteiger partial charge in [-0.2, -0.15) is 0 Å². The molecule has 1 amide bonds. The molecule has 0 spiro atoms. The Bertz CT molecular complexity index is 713. The van der Waals surface area contributed by atoms with E-state index in [9.17, 15) is 4.79 Å². The van der Waals surface area contributed by atoms with Gasteiger partial charge in [-0.25, -0.2) is 0 Å². The van der Waals surface area contributed by atoms with Crippen LogP contribution in [0.25, 0.3) is 6.08 Å². The molecular formula is C17H18N2O4S. The maximum Gasteiger partial charge on any atom is 0.274 e. The third-order valence-corrected chi connectivity index (χ3v) is 4.69. The minimum Gasteiger partial charge on any atom is -0.454 e. The second-order valence-electron chi connectivity index (χ2n) is 5.97. The van der Waals surface area contributed by atoms with Crippen LogP contribution in [0.4, 0.5) is 0 Å². The van der Waals surface area contributed by atoms with E-state index in [2.05, 4.69) is 5.32 Å². The van der Waals surface area contributed by atoms with E-state index in [1.54, 1.807) is 6.08 Å². The van der Waals surface area contributed by atoms with Crippen LogP contribution < -0.4 is 14.8 Å². The summed E-state index contributed by atoms with van der Waals surface area (Å²) in [6.45, 7) is 1.54. The first-order chi connectivity index (χ1) is 11.7. The van der Waals surface area contributed by atoms with Crippen LogP contribution in [0.1, 0.15) is 24.8 Å². The van der Waals surface area contributed by atoms with Crippen molar-refractivity contribution < 1.29 is 19.0 Å². The number of benzene rings is 1. The third kappa shape index (κ3) is 2.85. The van der Waals surface area contributed by atoms with Gasteiger partial charge in [0.05, 0.1) is 12.6 Å². The number of para-hydroxylation sites is 1. The molecule has 3 heterocycles. The van der Waals surface area contributed by atoms with Crippen molar-refractivity contribution in [3.05, 3.63) is 29.5 Å². The van der Waals surface area contributed by atoms with Gasteiger partial charge in [0.2, 0.25) is 6.79 Å². The normalized spacial score (nSPS) is 24.6. The Labute approximate surface area is 145 Å². The molecule has 1 unspecified atom stereocenters. The Kier molecular flexibility index (Phi) is 4.12. The SMILES string of the molecule is O=C1NC(=S)N(CC2CCCCO2)/C1=C/c1cccc2c1OCO2. The summed E-state index contributed by atoms with van der Waals surface area (Å²) in [5, 5.41) is 3.14. The second-order valence-corrected chi connectivity index (χ2v) is 6.36. The number of rotatable bonds is 3. The minimum atomic E-state index is -0.202. The summed E-state index contributed by atoms with van der Waals surface area (Å²) in [6.07, 6.45) is 5.11. The topological polar surface area (TPSA) is 60.0 Å². The summed E-state index contributed by atoms with van der Waals surface area (Å²) in [7, 11) is 0. The fraction of sp³-hybridized carbons (Fsp3) is 0.412. The Morgan fingerprint density at radius 2 is 2.25 bits per heavy atom. The van der Waals surface area contributed by atoms with Gasteiger partial charge < -0.3 is 19.1 Å². The molecule has 0 aromatic heterocycles. The largest absolute Gasteiger partial charge is 0.454 e. The van der Waals surface area contributed by atoms with E-state index in [0.29, 0.717) is 28.9 Å². The third-order valence-electron chi connectivity index (χ3n) is 4.37. The van der Waals surface area contributed by atoms with E-state index in [0.717, 1.165) is 31.4 Å². The van der Waals surface area contributed by atoms with Crippen LogP contribution in [0, 0.1) is 0 Å². The molecule has 1 atom stereocenters. The Balaban J connectivity index is 1.62. The molecular weight excluding hydrogens is 328 g/mol. The molecule has 1 aromatic carbocycles. The molecule has 7 heteroatoms. The number of nitrogens with zero attached hydrogens (tertiary/aromatic N) is 1. The van der Waals surface area contributed by atoms with Crippen molar-refractivity contribution in [2.45, 2.75) is 25.4 Å². The first-order valence-corrected chi connectivity index (χ1v) is 8.48. The molecule has 0 radical (unpaired) electrons. The number of nitrogens with one attached hydrogen (secondary N) is 1. The van der Waals surface area contributed by atoms with Crippen molar-refractivity contribution in [2.24, 2.45) is 0 Å². The van der Waals surface area contributed by atoms with Crippen LogP contribution in [-0.2, 0) is 9.53 Å². The monoisotopic (exact) mass is 346 g/mol. The minimum absolute atomic E-state index is 0.0915. The number of hydrogen-bond acceptors (Lipinski definition) is 5. The van der Waals surface area contributed by atoms with Gasteiger partial charge in [0.1, 0.15) is 5.70 Å². The van der Waals surface area contributed by atoms with Crippen LogP contribution in [0.2, 0.25) is 0 Å². The second kappa shape index (κ2) is 6.41. The highest BCUT2D eigenvalue weighted by Crippen LogP contribution is 2.37. The van der Waals surface area contributed by atoms with Crippen molar-refractivity contribution in [3.8, 4) is 11.5 Å². The molecule has 2 saturated heterocycles. The quantitative estimate of drug-likeness (QED) is 0.668. The van der Waals surface area contributed by atoms with Gasteiger partial charge in [-0.1, -0.05) is 12.1 Å². The Morgan fingerprint density at radius 1 is 1.33 bits per heavy atom. The summed E-state index contributed by atoms with van der Waals surface area (Å²) < 4.78 is 16.7. The van der Waals surface area contributed by atoms with Crippen LogP contribution in [0.5, 0.6) is 11.5 Å². The van der Waals surface area contributed by atoms with E-state index in [4.69, 9.17) is 26.4 Å². The molecule has 1 aromatic rings. The highest BCUT2D eigenvalue weighted by molar-refractivity contribution is 7.80. The molecule has 6 nitrogen and oxygen atoms in total. The van der Waals surface area contributed by atoms with Crippen molar-refractivity contribution in [1.29, 1.82) is 0 Å². The zero-order valence-corrected chi connectivity index (χ0v) is 13.9. The zero-order valence-electron chi connectivity index (χ0n) is 13.1. The molecule has 2 fully saturated rings. The van der Waals surface area contributed by atoms with Gasteiger partial charge in [-0.05, 0) is 43.6 Å². The number of ether oxygens (including phenoxy) is 3. The Morgan fingerprint density at radius 3 is 3.08 bits per heavy atom. The van der Waals surface area contributed by atoms with E-state index >= 15 is 0 Å². The summed E-state index contributed by atoms with van der Waals surface area (Å²) >= 11 is 5.32. The van der Waals surface area contributed by atoms with Gasteiger partial charge in [-0.3, -0.25) is 10.1 Å². The molecule has 3 aliphatic heterocycles. The maximum atomic E-state index is 12.3. The zero-order chi connectivity index (χ0) is 16.5. The lowest BCUT2D eigenvalue weighted by molar-refractivity contribution is -0.116. The van der Waals surface area contributed by atoms with Crippen LogP contribution in [-0.4, -0.2) is 42.0 Å². The molecule has 0 saturated carbocycles. The number of hydrogen-bond donors (Lipinski definition) is 1. The smallest absolute Gasteiger partial charge is 0.274 e. The lowest BCUT2D eigenvalue weighted by Gasteiger charge is -2.27. The average molecular weight is 346 g/mol. The fourth-order valence-electron chi connectivity index (χ4n) is 3.15.